The van der Waals surface area contributed by atoms with Crippen LogP contribution >= 0.6 is 0 Å². The molecule has 1 aliphatic heterocycles. The summed E-state index contributed by atoms with van der Waals surface area (Å²) in [4.78, 5) is 9.11. The lowest BCUT2D eigenvalue weighted by Crippen LogP contribution is -2.13. The Morgan fingerprint density at radius 3 is 2.56 bits per heavy atom. The topological polar surface area (TPSA) is 30.2 Å². The maximum Gasteiger partial charge on any atom is 0.416 e. The highest BCUT2D eigenvalue weighted by atomic mass is 19.4. The average Bonchev–Trinajstić information content (AvgIpc) is 2.97. The molecule has 0 N–H and O–H groups in total. The SMILES string of the molecule is CCCc1cnc2n1-c1ccc(C(F)(F)F)cc1C(c1ccccc1)=NC2. The molecular weight excluding hydrogens is 351 g/mol. The van der Waals surface area contributed by atoms with Crippen molar-refractivity contribution in [3.63, 3.8) is 0 Å². The van der Waals surface area contributed by atoms with Gasteiger partial charge in [0.15, 0.2) is 0 Å². The molecule has 0 atom stereocenters. The molecule has 1 aromatic heterocycles. The van der Waals surface area contributed by atoms with Crippen LogP contribution in [0.4, 0.5) is 13.2 Å². The predicted octanol–water partition coefficient (Wildman–Crippen LogP) is 5.19. The molecule has 0 amide bonds. The molecule has 0 unspecified atom stereocenters. The van der Waals surface area contributed by atoms with Crippen LogP contribution in [0, 0.1) is 0 Å². The van der Waals surface area contributed by atoms with Gasteiger partial charge in [0, 0.05) is 23.0 Å². The summed E-state index contributed by atoms with van der Waals surface area (Å²) in [6.45, 7) is 2.39. The third-order valence-electron chi connectivity index (χ3n) is 4.66. The van der Waals surface area contributed by atoms with E-state index in [1.807, 2.05) is 34.9 Å². The number of fused-ring (bicyclic) bond motifs is 3. The number of aliphatic imine (C=N–C) groups is 1. The van der Waals surface area contributed by atoms with Gasteiger partial charge in [-0.25, -0.2) is 4.98 Å². The van der Waals surface area contributed by atoms with Gasteiger partial charge in [-0.2, -0.15) is 13.2 Å². The molecular formula is C21H18F3N3. The highest BCUT2D eigenvalue weighted by molar-refractivity contribution is 6.15. The van der Waals surface area contributed by atoms with Crippen molar-refractivity contribution >= 4 is 5.71 Å². The highest BCUT2D eigenvalue weighted by Gasteiger charge is 2.32. The summed E-state index contributed by atoms with van der Waals surface area (Å²) in [6.07, 6.45) is -0.891. The van der Waals surface area contributed by atoms with E-state index in [9.17, 15) is 13.2 Å². The van der Waals surface area contributed by atoms with E-state index >= 15 is 0 Å². The van der Waals surface area contributed by atoms with E-state index in [-0.39, 0.29) is 0 Å². The van der Waals surface area contributed by atoms with Gasteiger partial charge < -0.3 is 0 Å². The monoisotopic (exact) mass is 369 g/mol. The smallest absolute Gasteiger partial charge is 0.298 e. The van der Waals surface area contributed by atoms with Crippen LogP contribution in [0.5, 0.6) is 0 Å². The minimum atomic E-state index is -4.41. The third kappa shape index (κ3) is 3.16. The van der Waals surface area contributed by atoms with E-state index in [2.05, 4.69) is 16.9 Å². The lowest BCUT2D eigenvalue weighted by Gasteiger charge is -2.17. The third-order valence-corrected chi connectivity index (χ3v) is 4.66. The molecule has 4 rings (SSSR count). The molecule has 0 saturated carbocycles. The number of nitrogens with zero attached hydrogens (tertiary/aromatic N) is 3. The van der Waals surface area contributed by atoms with Gasteiger partial charge in [-0.1, -0.05) is 43.7 Å². The van der Waals surface area contributed by atoms with Crippen LogP contribution in [-0.2, 0) is 19.1 Å². The van der Waals surface area contributed by atoms with Crippen LogP contribution in [0.15, 0.2) is 59.7 Å². The van der Waals surface area contributed by atoms with Crippen LogP contribution in [0.1, 0.15) is 41.6 Å². The molecule has 2 aromatic carbocycles. The summed E-state index contributed by atoms with van der Waals surface area (Å²) in [5, 5.41) is 0. The Kier molecular flexibility index (Phi) is 4.34. The van der Waals surface area contributed by atoms with E-state index in [1.165, 1.54) is 12.1 Å². The summed E-state index contributed by atoms with van der Waals surface area (Å²) in [7, 11) is 0. The fourth-order valence-corrected chi connectivity index (χ4v) is 3.44. The van der Waals surface area contributed by atoms with Gasteiger partial charge in [0.25, 0.3) is 0 Å². The normalized spacial score (nSPS) is 13.6. The van der Waals surface area contributed by atoms with Crippen molar-refractivity contribution in [1.29, 1.82) is 0 Å². The first-order valence-electron chi connectivity index (χ1n) is 8.86. The van der Waals surface area contributed by atoms with Crippen molar-refractivity contribution in [3.05, 3.63) is 82.9 Å². The summed E-state index contributed by atoms with van der Waals surface area (Å²) >= 11 is 0. The van der Waals surface area contributed by atoms with Gasteiger partial charge in [0.2, 0.25) is 0 Å². The Labute approximate surface area is 155 Å². The number of imidazole rings is 1. The summed E-state index contributed by atoms with van der Waals surface area (Å²) in [5.74, 6) is 0.741. The van der Waals surface area contributed by atoms with Crippen LogP contribution < -0.4 is 0 Å². The number of alkyl halides is 3. The average molecular weight is 369 g/mol. The van der Waals surface area contributed by atoms with Crippen molar-refractivity contribution in [3.8, 4) is 5.69 Å². The number of hydrogen-bond acceptors (Lipinski definition) is 2. The number of halogens is 3. The Morgan fingerprint density at radius 1 is 1.07 bits per heavy atom. The Balaban J connectivity index is 1.98. The van der Waals surface area contributed by atoms with E-state index in [0.29, 0.717) is 23.5 Å². The molecule has 0 fully saturated rings. The maximum absolute atomic E-state index is 13.4. The first-order valence-corrected chi connectivity index (χ1v) is 8.86. The van der Waals surface area contributed by atoms with E-state index in [0.717, 1.165) is 36.0 Å². The van der Waals surface area contributed by atoms with Gasteiger partial charge in [-0.15, -0.1) is 0 Å². The molecule has 6 heteroatoms. The lowest BCUT2D eigenvalue weighted by atomic mass is 9.98. The Bertz CT molecular complexity index is 1000. The molecule has 1 aliphatic rings. The zero-order chi connectivity index (χ0) is 19.0. The van der Waals surface area contributed by atoms with Gasteiger partial charge >= 0.3 is 6.18 Å². The van der Waals surface area contributed by atoms with Crippen molar-refractivity contribution in [2.45, 2.75) is 32.5 Å². The van der Waals surface area contributed by atoms with Crippen LogP contribution in [0.2, 0.25) is 0 Å². The van der Waals surface area contributed by atoms with Crippen molar-refractivity contribution in [1.82, 2.24) is 9.55 Å². The predicted molar refractivity (Wildman–Crippen MR) is 98.3 cm³/mol. The Hall–Kier alpha value is -2.89. The first kappa shape index (κ1) is 17.5. The zero-order valence-electron chi connectivity index (χ0n) is 14.8. The summed E-state index contributed by atoms with van der Waals surface area (Å²) in [5.41, 5.74) is 2.83. The molecule has 0 aliphatic carbocycles. The van der Waals surface area contributed by atoms with Gasteiger partial charge in [-0.05, 0) is 24.6 Å². The lowest BCUT2D eigenvalue weighted by molar-refractivity contribution is -0.137. The molecule has 138 valence electrons. The second-order valence-corrected chi connectivity index (χ2v) is 6.51. The number of aromatic nitrogens is 2. The fraction of sp³-hybridized carbons (Fsp3) is 0.238. The largest absolute Gasteiger partial charge is 0.416 e. The van der Waals surface area contributed by atoms with Gasteiger partial charge in [0.1, 0.15) is 5.82 Å². The standard InChI is InChI=1S/C21H18F3N3/c1-2-6-16-12-25-19-13-26-20(14-7-4-3-5-8-14)17-11-15(21(22,23)24)9-10-18(17)27(16)19/h3-5,7-12H,2,6,13H2,1H3. The number of aryl methyl sites for hydroxylation is 1. The van der Waals surface area contributed by atoms with E-state index in [4.69, 9.17) is 0 Å². The van der Waals surface area contributed by atoms with Crippen molar-refractivity contribution < 1.29 is 13.2 Å². The van der Waals surface area contributed by atoms with Gasteiger partial charge in [-0.3, -0.25) is 9.56 Å². The van der Waals surface area contributed by atoms with Gasteiger partial charge in [0.05, 0.1) is 23.5 Å². The second-order valence-electron chi connectivity index (χ2n) is 6.51. The first-order chi connectivity index (χ1) is 13.0. The van der Waals surface area contributed by atoms with Crippen molar-refractivity contribution in [2.75, 3.05) is 0 Å². The Morgan fingerprint density at radius 2 is 1.85 bits per heavy atom. The van der Waals surface area contributed by atoms with Crippen LogP contribution in [-0.4, -0.2) is 15.3 Å². The molecule has 0 spiro atoms. The van der Waals surface area contributed by atoms with Crippen LogP contribution in [0.25, 0.3) is 5.69 Å². The minimum absolute atomic E-state index is 0.323. The molecule has 3 nitrogen and oxygen atoms in total. The molecule has 3 aromatic rings. The molecule has 27 heavy (non-hydrogen) atoms. The molecule has 0 saturated heterocycles. The molecule has 0 radical (unpaired) electrons. The zero-order valence-corrected chi connectivity index (χ0v) is 14.8. The van der Waals surface area contributed by atoms with E-state index < -0.39 is 11.7 Å². The fourth-order valence-electron chi connectivity index (χ4n) is 3.44. The maximum atomic E-state index is 13.4. The number of hydrogen-bond donors (Lipinski definition) is 0. The quantitative estimate of drug-likeness (QED) is 0.624. The molecule has 0 bridgehead atoms. The summed E-state index contributed by atoms with van der Waals surface area (Å²) in [6, 6.07) is 13.2. The highest BCUT2D eigenvalue weighted by Crippen LogP contribution is 2.34. The van der Waals surface area contributed by atoms with Crippen LogP contribution in [0.3, 0.4) is 0 Å². The van der Waals surface area contributed by atoms with E-state index in [1.54, 1.807) is 6.20 Å². The second kappa shape index (κ2) is 6.68. The van der Waals surface area contributed by atoms with Crippen molar-refractivity contribution in [2.24, 2.45) is 4.99 Å². The molecule has 2 heterocycles. The summed E-state index contributed by atoms with van der Waals surface area (Å²) < 4.78 is 42.1. The minimum Gasteiger partial charge on any atom is -0.298 e. The number of benzene rings is 2. The number of rotatable bonds is 3.